The summed E-state index contributed by atoms with van der Waals surface area (Å²) in [7, 11) is 0. The van der Waals surface area contributed by atoms with Gasteiger partial charge < -0.3 is 0 Å². The Morgan fingerprint density at radius 1 is 0.429 bits per heavy atom. The Hall–Kier alpha value is -0.0800. The Morgan fingerprint density at radius 3 is 0.905 bits per heavy atom. The number of hydrogen-bond donors (Lipinski definition) is 0. The van der Waals surface area contributed by atoms with Crippen LogP contribution >= 0.6 is 0 Å². The summed E-state index contributed by atoms with van der Waals surface area (Å²) in [5, 5.41) is 0. The molecule has 2 aliphatic rings. The van der Waals surface area contributed by atoms with Gasteiger partial charge >= 0.3 is 0 Å². The SMILES string of the molecule is CC(C)(C)N1CCCCC1.CC(C)(C)N1CCCCCC1. The van der Waals surface area contributed by atoms with Crippen LogP contribution in [0.3, 0.4) is 0 Å². The molecule has 0 spiro atoms. The smallest absolute Gasteiger partial charge is 0.0125 e. The lowest BCUT2D eigenvalue weighted by Gasteiger charge is -2.38. The van der Waals surface area contributed by atoms with Gasteiger partial charge in [-0.3, -0.25) is 9.80 Å². The van der Waals surface area contributed by atoms with Crippen molar-refractivity contribution >= 4 is 0 Å². The van der Waals surface area contributed by atoms with Crippen molar-refractivity contribution in [2.24, 2.45) is 0 Å². The van der Waals surface area contributed by atoms with E-state index in [0.717, 1.165) is 0 Å². The molecule has 0 atom stereocenters. The summed E-state index contributed by atoms with van der Waals surface area (Å²) in [5.41, 5.74) is 0.796. The predicted molar refractivity (Wildman–Crippen MR) is 95.0 cm³/mol. The summed E-state index contributed by atoms with van der Waals surface area (Å²) < 4.78 is 0. The highest BCUT2D eigenvalue weighted by Crippen LogP contribution is 2.19. The fourth-order valence-corrected chi connectivity index (χ4v) is 3.31. The summed E-state index contributed by atoms with van der Waals surface area (Å²) in [5.74, 6) is 0. The Balaban J connectivity index is 0.000000211. The first-order valence-electron chi connectivity index (χ1n) is 9.21. The molecule has 2 nitrogen and oxygen atoms in total. The van der Waals surface area contributed by atoms with Gasteiger partial charge in [0, 0.05) is 11.1 Å². The quantitative estimate of drug-likeness (QED) is 0.625. The molecule has 0 aromatic rings. The van der Waals surface area contributed by atoms with Crippen LogP contribution in [0.1, 0.15) is 86.5 Å². The summed E-state index contributed by atoms with van der Waals surface area (Å²) in [6.07, 6.45) is 9.91. The molecule has 2 saturated heterocycles. The lowest BCUT2D eigenvalue weighted by atomic mass is 10.0. The molecular formula is C19H40N2. The van der Waals surface area contributed by atoms with E-state index in [1.54, 1.807) is 0 Å². The van der Waals surface area contributed by atoms with Crippen LogP contribution < -0.4 is 0 Å². The molecular weight excluding hydrogens is 256 g/mol. The normalized spacial score (nSPS) is 23.1. The molecule has 0 N–H and O–H groups in total. The zero-order valence-electron chi connectivity index (χ0n) is 15.7. The second-order valence-corrected chi connectivity index (χ2v) is 8.79. The van der Waals surface area contributed by atoms with Crippen molar-refractivity contribution < 1.29 is 0 Å². The molecule has 0 amide bonds. The van der Waals surface area contributed by atoms with Crippen LogP contribution in [-0.4, -0.2) is 47.1 Å². The lowest BCUT2D eigenvalue weighted by molar-refractivity contribution is 0.111. The molecule has 0 bridgehead atoms. The van der Waals surface area contributed by atoms with Crippen molar-refractivity contribution in [3.63, 3.8) is 0 Å². The highest BCUT2D eigenvalue weighted by molar-refractivity contribution is 4.78. The van der Waals surface area contributed by atoms with Crippen molar-refractivity contribution in [3.05, 3.63) is 0 Å². The fraction of sp³-hybridized carbons (Fsp3) is 1.00. The van der Waals surface area contributed by atoms with E-state index in [1.165, 1.54) is 71.1 Å². The largest absolute Gasteiger partial charge is 0.298 e. The van der Waals surface area contributed by atoms with Crippen LogP contribution in [0.25, 0.3) is 0 Å². The van der Waals surface area contributed by atoms with E-state index < -0.39 is 0 Å². The molecule has 2 heterocycles. The molecule has 0 aliphatic carbocycles. The van der Waals surface area contributed by atoms with Crippen LogP contribution in [0.4, 0.5) is 0 Å². The topological polar surface area (TPSA) is 6.48 Å². The summed E-state index contributed by atoms with van der Waals surface area (Å²) in [4.78, 5) is 5.19. The Labute approximate surface area is 134 Å². The number of rotatable bonds is 0. The van der Waals surface area contributed by atoms with E-state index in [2.05, 4.69) is 51.3 Å². The van der Waals surface area contributed by atoms with Gasteiger partial charge in [0.05, 0.1) is 0 Å². The molecule has 0 unspecified atom stereocenters. The molecule has 21 heavy (non-hydrogen) atoms. The number of hydrogen-bond acceptors (Lipinski definition) is 2. The molecule has 2 fully saturated rings. The van der Waals surface area contributed by atoms with Gasteiger partial charge in [-0.05, 0) is 93.4 Å². The molecule has 0 saturated carbocycles. The maximum absolute atomic E-state index is 2.61. The van der Waals surface area contributed by atoms with Crippen molar-refractivity contribution in [2.45, 2.75) is 97.6 Å². The maximum atomic E-state index is 2.61. The summed E-state index contributed by atoms with van der Waals surface area (Å²) >= 11 is 0. The Bertz CT molecular complexity index is 258. The fourth-order valence-electron chi connectivity index (χ4n) is 3.31. The highest BCUT2D eigenvalue weighted by atomic mass is 15.2. The molecule has 126 valence electrons. The van der Waals surface area contributed by atoms with Crippen molar-refractivity contribution in [2.75, 3.05) is 26.2 Å². The third-order valence-corrected chi connectivity index (χ3v) is 4.86. The van der Waals surface area contributed by atoms with Gasteiger partial charge in [-0.15, -0.1) is 0 Å². The second kappa shape index (κ2) is 8.53. The first kappa shape index (κ1) is 19.0. The van der Waals surface area contributed by atoms with Crippen molar-refractivity contribution in [3.8, 4) is 0 Å². The maximum Gasteiger partial charge on any atom is 0.0125 e. The lowest BCUT2D eigenvalue weighted by Crippen LogP contribution is -2.44. The van der Waals surface area contributed by atoms with Gasteiger partial charge in [0.25, 0.3) is 0 Å². The van der Waals surface area contributed by atoms with E-state index in [0.29, 0.717) is 11.1 Å². The molecule has 0 aromatic heterocycles. The van der Waals surface area contributed by atoms with Gasteiger partial charge in [0.2, 0.25) is 0 Å². The molecule has 0 aromatic carbocycles. The highest BCUT2D eigenvalue weighted by Gasteiger charge is 2.22. The van der Waals surface area contributed by atoms with Crippen LogP contribution in [0.5, 0.6) is 0 Å². The minimum absolute atomic E-state index is 0.393. The molecule has 0 radical (unpaired) electrons. The van der Waals surface area contributed by atoms with E-state index in [9.17, 15) is 0 Å². The Kier molecular flexibility index (Phi) is 7.70. The van der Waals surface area contributed by atoms with E-state index in [1.807, 2.05) is 0 Å². The molecule has 2 rings (SSSR count). The van der Waals surface area contributed by atoms with Crippen LogP contribution in [0.15, 0.2) is 0 Å². The van der Waals surface area contributed by atoms with Gasteiger partial charge in [-0.2, -0.15) is 0 Å². The van der Waals surface area contributed by atoms with Gasteiger partial charge in [0.15, 0.2) is 0 Å². The Morgan fingerprint density at radius 2 is 0.667 bits per heavy atom. The van der Waals surface area contributed by atoms with Gasteiger partial charge in [-0.1, -0.05) is 19.3 Å². The van der Waals surface area contributed by atoms with Gasteiger partial charge in [-0.25, -0.2) is 0 Å². The zero-order valence-corrected chi connectivity index (χ0v) is 15.7. The summed E-state index contributed by atoms with van der Waals surface area (Å²) in [6, 6.07) is 0. The molecule has 2 heteroatoms. The van der Waals surface area contributed by atoms with Crippen molar-refractivity contribution in [1.29, 1.82) is 0 Å². The number of nitrogens with zero attached hydrogens (tertiary/aromatic N) is 2. The summed E-state index contributed by atoms with van der Waals surface area (Å²) in [6.45, 7) is 19.1. The van der Waals surface area contributed by atoms with Crippen LogP contribution in [-0.2, 0) is 0 Å². The average Bonchev–Trinajstić information content (AvgIpc) is 2.68. The first-order valence-corrected chi connectivity index (χ1v) is 9.21. The third-order valence-electron chi connectivity index (χ3n) is 4.86. The predicted octanol–water partition coefficient (Wildman–Crippen LogP) is 4.93. The van der Waals surface area contributed by atoms with Gasteiger partial charge in [0.1, 0.15) is 0 Å². The van der Waals surface area contributed by atoms with Crippen LogP contribution in [0.2, 0.25) is 0 Å². The first-order chi connectivity index (χ1) is 9.71. The second-order valence-electron chi connectivity index (χ2n) is 8.79. The zero-order chi connectivity index (χ0) is 15.9. The standard InChI is InChI=1S/C10H21N.C9H19N/c1-10(2,3)11-8-6-4-5-7-9-11;1-9(2,3)10-7-5-4-6-8-10/h4-9H2,1-3H3;4-8H2,1-3H3. The van der Waals surface area contributed by atoms with E-state index in [4.69, 9.17) is 0 Å². The molecule has 2 aliphatic heterocycles. The third kappa shape index (κ3) is 7.65. The minimum atomic E-state index is 0.393. The van der Waals surface area contributed by atoms with E-state index in [-0.39, 0.29) is 0 Å². The van der Waals surface area contributed by atoms with E-state index >= 15 is 0 Å². The monoisotopic (exact) mass is 296 g/mol. The van der Waals surface area contributed by atoms with Crippen LogP contribution in [0, 0.1) is 0 Å². The van der Waals surface area contributed by atoms with Crippen molar-refractivity contribution in [1.82, 2.24) is 9.80 Å². The number of piperidine rings is 1. The average molecular weight is 297 g/mol. The minimum Gasteiger partial charge on any atom is -0.298 e. The number of likely N-dealkylation sites (tertiary alicyclic amines) is 2.